The zero-order valence-electron chi connectivity index (χ0n) is 12.9. The zero-order valence-corrected chi connectivity index (χ0v) is 12.9. The van der Waals surface area contributed by atoms with E-state index in [0.29, 0.717) is 36.8 Å². The lowest BCUT2D eigenvalue weighted by molar-refractivity contribution is -0.114. The quantitative estimate of drug-likeness (QED) is 0.586. The molecule has 0 saturated carbocycles. The summed E-state index contributed by atoms with van der Waals surface area (Å²) in [6.45, 7) is 0. The summed E-state index contributed by atoms with van der Waals surface area (Å²) in [7, 11) is 0. The van der Waals surface area contributed by atoms with Crippen molar-refractivity contribution in [1.82, 2.24) is 0 Å². The maximum absolute atomic E-state index is 11.5. The summed E-state index contributed by atoms with van der Waals surface area (Å²) in [5.41, 5.74) is 0.926. The van der Waals surface area contributed by atoms with Gasteiger partial charge in [0, 0.05) is 24.0 Å². The molecule has 0 atom stereocenters. The van der Waals surface area contributed by atoms with Crippen LogP contribution >= 0.6 is 0 Å². The summed E-state index contributed by atoms with van der Waals surface area (Å²) in [6.07, 6.45) is 9.42. The number of allylic oxidation sites excluding steroid dienone is 8. The minimum absolute atomic E-state index is 0.156. The molecule has 0 N–H and O–H groups in total. The number of hydrogen-bond acceptors (Lipinski definition) is 4. The van der Waals surface area contributed by atoms with Gasteiger partial charge in [-0.1, -0.05) is 11.8 Å². The van der Waals surface area contributed by atoms with Crippen molar-refractivity contribution in [3.05, 3.63) is 47.6 Å². The molecule has 0 spiro atoms. The van der Waals surface area contributed by atoms with Gasteiger partial charge in [-0.3, -0.25) is 19.2 Å². The maximum Gasteiger partial charge on any atom is 0.182 e. The molecule has 24 heavy (non-hydrogen) atoms. The third-order valence-corrected chi connectivity index (χ3v) is 3.34. The molecule has 0 aromatic carbocycles. The van der Waals surface area contributed by atoms with Gasteiger partial charge in [0.15, 0.2) is 23.1 Å². The molecule has 0 radical (unpaired) electrons. The van der Waals surface area contributed by atoms with Crippen molar-refractivity contribution in [2.45, 2.75) is 25.7 Å². The molecule has 2 rings (SSSR count). The SMILES string of the molecule is O=C1C=CC(=O)C(CCC#CC#CCCC2=CC(=O)C=CC2=O)=C1. The van der Waals surface area contributed by atoms with Crippen molar-refractivity contribution < 1.29 is 19.2 Å². The first-order chi connectivity index (χ1) is 11.6. The van der Waals surface area contributed by atoms with E-state index < -0.39 is 0 Å². The zero-order chi connectivity index (χ0) is 17.4. The smallest absolute Gasteiger partial charge is 0.182 e. The summed E-state index contributed by atoms with van der Waals surface area (Å²) in [5.74, 6) is 10.3. The van der Waals surface area contributed by atoms with Crippen LogP contribution in [0.25, 0.3) is 0 Å². The topological polar surface area (TPSA) is 68.3 Å². The largest absolute Gasteiger partial charge is 0.290 e. The standard InChI is InChI=1S/C20H14O4/c21-17-9-11-19(23)15(13-17)7-5-3-1-2-4-6-8-16-14-18(22)10-12-20(16)24/h9-14H,5-8H2. The molecule has 0 aromatic rings. The Morgan fingerprint density at radius 3 is 1.46 bits per heavy atom. The highest BCUT2D eigenvalue weighted by Crippen LogP contribution is 2.12. The summed E-state index contributed by atoms with van der Waals surface area (Å²) < 4.78 is 0. The second kappa shape index (κ2) is 8.41. The second-order valence-electron chi connectivity index (χ2n) is 5.14. The fraction of sp³-hybridized carbons (Fsp3) is 0.200. The van der Waals surface area contributed by atoms with Gasteiger partial charge in [0.25, 0.3) is 0 Å². The first-order valence-corrected chi connectivity index (χ1v) is 7.46. The molecule has 0 amide bonds. The Hall–Kier alpha value is -3.24. The lowest BCUT2D eigenvalue weighted by atomic mass is 9.99. The van der Waals surface area contributed by atoms with Crippen molar-refractivity contribution in [2.75, 3.05) is 0 Å². The molecule has 2 aliphatic rings. The van der Waals surface area contributed by atoms with Gasteiger partial charge in [-0.25, -0.2) is 0 Å². The molecular formula is C20H14O4. The van der Waals surface area contributed by atoms with Crippen LogP contribution in [0, 0.1) is 23.7 Å². The number of carbonyl (C=O) groups excluding carboxylic acids is 4. The van der Waals surface area contributed by atoms with Gasteiger partial charge in [0.1, 0.15) is 0 Å². The van der Waals surface area contributed by atoms with E-state index in [1.54, 1.807) is 0 Å². The highest BCUT2D eigenvalue weighted by atomic mass is 16.1. The molecule has 0 saturated heterocycles. The van der Waals surface area contributed by atoms with E-state index >= 15 is 0 Å². The van der Waals surface area contributed by atoms with Crippen LogP contribution in [0.2, 0.25) is 0 Å². The van der Waals surface area contributed by atoms with Crippen LogP contribution in [0.1, 0.15) is 25.7 Å². The van der Waals surface area contributed by atoms with Crippen LogP contribution in [-0.4, -0.2) is 23.1 Å². The van der Waals surface area contributed by atoms with Gasteiger partial charge in [0.05, 0.1) is 0 Å². The highest BCUT2D eigenvalue weighted by molar-refractivity contribution is 6.17. The van der Waals surface area contributed by atoms with Gasteiger partial charge in [-0.2, -0.15) is 0 Å². The van der Waals surface area contributed by atoms with Crippen LogP contribution < -0.4 is 0 Å². The maximum atomic E-state index is 11.5. The van der Waals surface area contributed by atoms with Gasteiger partial charge >= 0.3 is 0 Å². The molecule has 0 heterocycles. The first kappa shape index (κ1) is 17.1. The summed E-state index contributed by atoms with van der Waals surface area (Å²) in [6, 6.07) is 0. The third-order valence-electron chi connectivity index (χ3n) is 3.34. The average molecular weight is 318 g/mol. The normalized spacial score (nSPS) is 16.0. The van der Waals surface area contributed by atoms with Gasteiger partial charge < -0.3 is 0 Å². The van der Waals surface area contributed by atoms with E-state index in [4.69, 9.17) is 0 Å². The third kappa shape index (κ3) is 5.19. The Kier molecular flexibility index (Phi) is 6.00. The molecule has 0 aromatic heterocycles. The Bertz CT molecular complexity index is 768. The lowest BCUT2D eigenvalue weighted by Crippen LogP contribution is -2.07. The van der Waals surface area contributed by atoms with Crippen molar-refractivity contribution >= 4 is 23.1 Å². The Morgan fingerprint density at radius 1 is 0.625 bits per heavy atom. The van der Waals surface area contributed by atoms with Gasteiger partial charge in [-0.15, -0.1) is 0 Å². The van der Waals surface area contributed by atoms with Crippen LogP contribution in [-0.2, 0) is 19.2 Å². The number of carbonyl (C=O) groups is 4. The van der Waals surface area contributed by atoms with Crippen molar-refractivity contribution in [1.29, 1.82) is 0 Å². The lowest BCUT2D eigenvalue weighted by Gasteiger charge is -2.03. The molecular weight excluding hydrogens is 304 g/mol. The number of rotatable bonds is 4. The van der Waals surface area contributed by atoms with Crippen molar-refractivity contribution in [3.8, 4) is 23.7 Å². The van der Waals surface area contributed by atoms with Gasteiger partial charge in [0.2, 0.25) is 0 Å². The van der Waals surface area contributed by atoms with Gasteiger partial charge in [-0.05, 0) is 61.1 Å². The first-order valence-electron chi connectivity index (χ1n) is 7.46. The highest BCUT2D eigenvalue weighted by Gasteiger charge is 2.12. The van der Waals surface area contributed by atoms with Crippen molar-refractivity contribution in [3.63, 3.8) is 0 Å². The molecule has 4 nitrogen and oxygen atoms in total. The van der Waals surface area contributed by atoms with Crippen LogP contribution in [0.3, 0.4) is 0 Å². The van der Waals surface area contributed by atoms with Crippen LogP contribution in [0.5, 0.6) is 0 Å². The fourth-order valence-electron chi connectivity index (χ4n) is 2.11. The van der Waals surface area contributed by atoms with E-state index in [2.05, 4.69) is 23.7 Å². The summed E-state index contributed by atoms with van der Waals surface area (Å²) in [5, 5.41) is 0. The fourth-order valence-corrected chi connectivity index (χ4v) is 2.11. The molecule has 0 aliphatic heterocycles. The molecule has 0 fully saturated rings. The van der Waals surface area contributed by atoms with E-state index in [9.17, 15) is 19.2 Å². The van der Waals surface area contributed by atoms with E-state index in [1.165, 1.54) is 36.5 Å². The molecule has 0 unspecified atom stereocenters. The van der Waals surface area contributed by atoms with Crippen LogP contribution in [0.4, 0.5) is 0 Å². The van der Waals surface area contributed by atoms with E-state index in [1.807, 2.05) is 0 Å². The average Bonchev–Trinajstić information content (AvgIpc) is 2.56. The Balaban J connectivity index is 1.74. The predicted octanol–water partition coefficient (Wildman–Crippen LogP) is 1.82. The van der Waals surface area contributed by atoms with Crippen LogP contribution in [0.15, 0.2) is 47.6 Å². The number of hydrogen-bond donors (Lipinski definition) is 0. The summed E-state index contributed by atoms with van der Waals surface area (Å²) >= 11 is 0. The molecule has 0 bridgehead atoms. The molecule has 4 heteroatoms. The molecule has 2 aliphatic carbocycles. The Morgan fingerprint density at radius 2 is 1.04 bits per heavy atom. The number of ketones is 4. The van der Waals surface area contributed by atoms with Crippen molar-refractivity contribution in [2.24, 2.45) is 0 Å². The Labute approximate surface area is 140 Å². The van der Waals surface area contributed by atoms with E-state index in [-0.39, 0.29) is 23.1 Å². The monoisotopic (exact) mass is 318 g/mol. The molecule has 118 valence electrons. The minimum atomic E-state index is -0.183. The van der Waals surface area contributed by atoms with E-state index in [0.717, 1.165) is 0 Å². The minimum Gasteiger partial charge on any atom is -0.290 e. The second-order valence-corrected chi connectivity index (χ2v) is 5.14. The predicted molar refractivity (Wildman–Crippen MR) is 88.5 cm³/mol. The summed E-state index contributed by atoms with van der Waals surface area (Å²) in [4.78, 5) is 45.3.